The van der Waals surface area contributed by atoms with Crippen LogP contribution in [0.3, 0.4) is 0 Å². The highest BCUT2D eigenvalue weighted by Gasteiger charge is 2.42. The van der Waals surface area contributed by atoms with Gasteiger partial charge in [-0.3, -0.25) is 0 Å². The average Bonchev–Trinajstić information content (AvgIpc) is 2.84. The second-order valence-corrected chi connectivity index (χ2v) is 5.23. The van der Waals surface area contributed by atoms with Crippen LogP contribution in [0.2, 0.25) is 0 Å². The van der Waals surface area contributed by atoms with E-state index in [1.807, 2.05) is 0 Å². The van der Waals surface area contributed by atoms with Gasteiger partial charge in [0, 0.05) is 12.1 Å². The topological polar surface area (TPSA) is 12.0 Å². The molecular weight excluding hydrogens is 158 g/mol. The summed E-state index contributed by atoms with van der Waals surface area (Å²) in [5, 5.41) is 3.66. The van der Waals surface area contributed by atoms with E-state index in [0.29, 0.717) is 6.04 Å². The van der Waals surface area contributed by atoms with Crippen LogP contribution in [0.1, 0.15) is 52.4 Å². The number of rotatable bonds is 3. The molecule has 2 rings (SSSR count). The maximum absolute atomic E-state index is 3.66. The normalized spacial score (nSPS) is 35.3. The highest BCUT2D eigenvalue weighted by molar-refractivity contribution is 4.98. The number of nitrogens with one attached hydrogen (secondary N) is 1. The van der Waals surface area contributed by atoms with Crippen LogP contribution in [0.25, 0.3) is 0 Å². The third-order valence-corrected chi connectivity index (χ3v) is 3.64. The number of hydrogen-bond acceptors (Lipinski definition) is 1. The molecule has 0 radical (unpaired) electrons. The van der Waals surface area contributed by atoms with Crippen molar-refractivity contribution in [3.05, 3.63) is 0 Å². The third-order valence-electron chi connectivity index (χ3n) is 3.64. The Hall–Kier alpha value is -0.0400. The molecule has 0 aliphatic heterocycles. The van der Waals surface area contributed by atoms with Gasteiger partial charge in [0.15, 0.2) is 0 Å². The van der Waals surface area contributed by atoms with E-state index in [-0.39, 0.29) is 0 Å². The van der Waals surface area contributed by atoms with Gasteiger partial charge in [-0.25, -0.2) is 0 Å². The summed E-state index contributed by atoms with van der Waals surface area (Å²) in [5.41, 5.74) is 0. The minimum absolute atomic E-state index is 0.679. The third kappa shape index (κ3) is 2.46. The van der Waals surface area contributed by atoms with Crippen LogP contribution in [-0.4, -0.2) is 12.1 Å². The molecule has 0 spiro atoms. The summed E-state index contributed by atoms with van der Waals surface area (Å²) in [6, 6.07) is 1.56. The SMILES string of the molecule is CC(C)NC1CC1C1CCCCC1. The van der Waals surface area contributed by atoms with Gasteiger partial charge in [0.25, 0.3) is 0 Å². The zero-order valence-corrected chi connectivity index (χ0v) is 9.05. The van der Waals surface area contributed by atoms with Crippen molar-refractivity contribution in [1.29, 1.82) is 0 Å². The fraction of sp³-hybridized carbons (Fsp3) is 1.00. The fourth-order valence-corrected chi connectivity index (χ4v) is 2.92. The summed E-state index contributed by atoms with van der Waals surface area (Å²) in [6.07, 6.45) is 8.97. The summed E-state index contributed by atoms with van der Waals surface area (Å²) in [6.45, 7) is 4.52. The standard InChI is InChI=1S/C12H23N/c1-9(2)13-12-8-11(12)10-6-4-3-5-7-10/h9-13H,3-8H2,1-2H3. The molecule has 0 amide bonds. The quantitative estimate of drug-likeness (QED) is 0.706. The van der Waals surface area contributed by atoms with E-state index < -0.39 is 0 Å². The monoisotopic (exact) mass is 181 g/mol. The molecule has 0 heterocycles. The maximum atomic E-state index is 3.66. The Morgan fingerprint density at radius 2 is 1.77 bits per heavy atom. The molecule has 1 N–H and O–H groups in total. The maximum Gasteiger partial charge on any atom is 0.0104 e. The van der Waals surface area contributed by atoms with Crippen molar-refractivity contribution in [3.63, 3.8) is 0 Å². The Morgan fingerprint density at radius 3 is 2.38 bits per heavy atom. The zero-order chi connectivity index (χ0) is 9.26. The molecular formula is C12H23N. The highest BCUT2D eigenvalue weighted by Crippen LogP contribution is 2.44. The first-order valence-corrected chi connectivity index (χ1v) is 6.03. The smallest absolute Gasteiger partial charge is 0.0104 e. The minimum Gasteiger partial charge on any atom is -0.311 e. The molecule has 0 aromatic rings. The van der Waals surface area contributed by atoms with Gasteiger partial charge >= 0.3 is 0 Å². The lowest BCUT2D eigenvalue weighted by Crippen LogP contribution is -2.27. The molecule has 0 bridgehead atoms. The average molecular weight is 181 g/mol. The van der Waals surface area contributed by atoms with Crippen LogP contribution in [0, 0.1) is 11.8 Å². The molecule has 0 saturated heterocycles. The fourth-order valence-electron chi connectivity index (χ4n) is 2.92. The van der Waals surface area contributed by atoms with E-state index in [0.717, 1.165) is 17.9 Å². The van der Waals surface area contributed by atoms with E-state index in [1.54, 1.807) is 0 Å². The summed E-state index contributed by atoms with van der Waals surface area (Å²) in [7, 11) is 0. The minimum atomic E-state index is 0.679. The molecule has 2 saturated carbocycles. The van der Waals surface area contributed by atoms with Crippen molar-refractivity contribution in [2.45, 2.75) is 64.5 Å². The lowest BCUT2D eigenvalue weighted by Gasteiger charge is -2.22. The van der Waals surface area contributed by atoms with Crippen LogP contribution in [0.15, 0.2) is 0 Å². The van der Waals surface area contributed by atoms with E-state index in [2.05, 4.69) is 19.2 Å². The van der Waals surface area contributed by atoms with Crippen LogP contribution in [-0.2, 0) is 0 Å². The molecule has 2 atom stereocenters. The molecule has 2 aliphatic rings. The van der Waals surface area contributed by atoms with Crippen LogP contribution in [0.5, 0.6) is 0 Å². The van der Waals surface area contributed by atoms with Crippen molar-refractivity contribution in [2.24, 2.45) is 11.8 Å². The first kappa shape index (κ1) is 9.51. The van der Waals surface area contributed by atoms with Gasteiger partial charge in [-0.2, -0.15) is 0 Å². The van der Waals surface area contributed by atoms with Gasteiger partial charge in [-0.1, -0.05) is 46.0 Å². The lowest BCUT2D eigenvalue weighted by atomic mass is 9.85. The van der Waals surface area contributed by atoms with Crippen molar-refractivity contribution in [2.75, 3.05) is 0 Å². The van der Waals surface area contributed by atoms with Crippen molar-refractivity contribution in [1.82, 2.24) is 5.32 Å². The van der Waals surface area contributed by atoms with Crippen molar-refractivity contribution >= 4 is 0 Å². The van der Waals surface area contributed by atoms with Gasteiger partial charge in [0.2, 0.25) is 0 Å². The molecule has 13 heavy (non-hydrogen) atoms. The molecule has 0 aromatic heterocycles. The molecule has 1 nitrogen and oxygen atoms in total. The summed E-state index contributed by atoms with van der Waals surface area (Å²) >= 11 is 0. The Kier molecular flexibility index (Phi) is 2.92. The van der Waals surface area contributed by atoms with Crippen LogP contribution < -0.4 is 5.32 Å². The molecule has 2 fully saturated rings. The summed E-state index contributed by atoms with van der Waals surface area (Å²) in [4.78, 5) is 0. The summed E-state index contributed by atoms with van der Waals surface area (Å²) < 4.78 is 0. The highest BCUT2D eigenvalue weighted by atomic mass is 15.0. The van der Waals surface area contributed by atoms with Crippen LogP contribution in [0.4, 0.5) is 0 Å². The van der Waals surface area contributed by atoms with Gasteiger partial charge < -0.3 is 5.32 Å². The van der Waals surface area contributed by atoms with E-state index in [4.69, 9.17) is 0 Å². The van der Waals surface area contributed by atoms with E-state index in [9.17, 15) is 0 Å². The predicted octanol–water partition coefficient (Wildman–Crippen LogP) is 2.95. The van der Waals surface area contributed by atoms with E-state index in [1.165, 1.54) is 38.5 Å². The largest absolute Gasteiger partial charge is 0.311 e. The molecule has 2 aliphatic carbocycles. The van der Waals surface area contributed by atoms with Crippen molar-refractivity contribution in [3.8, 4) is 0 Å². The second kappa shape index (κ2) is 4.00. The van der Waals surface area contributed by atoms with Gasteiger partial charge in [0.05, 0.1) is 0 Å². The van der Waals surface area contributed by atoms with E-state index >= 15 is 0 Å². The number of hydrogen-bond donors (Lipinski definition) is 1. The van der Waals surface area contributed by atoms with Crippen LogP contribution >= 0.6 is 0 Å². The predicted molar refractivity (Wildman–Crippen MR) is 56.7 cm³/mol. The Balaban J connectivity index is 1.71. The lowest BCUT2D eigenvalue weighted by molar-refractivity contribution is 0.310. The Morgan fingerprint density at radius 1 is 1.08 bits per heavy atom. The molecule has 2 unspecified atom stereocenters. The zero-order valence-electron chi connectivity index (χ0n) is 9.05. The van der Waals surface area contributed by atoms with Gasteiger partial charge in [-0.05, 0) is 18.3 Å². The molecule has 76 valence electrons. The summed E-state index contributed by atoms with van der Waals surface area (Å²) in [5.74, 6) is 2.12. The second-order valence-electron chi connectivity index (χ2n) is 5.23. The Bertz CT molecular complexity index is 159. The molecule has 0 aromatic carbocycles. The first-order valence-electron chi connectivity index (χ1n) is 6.03. The van der Waals surface area contributed by atoms with Gasteiger partial charge in [-0.15, -0.1) is 0 Å². The molecule has 1 heteroatoms. The first-order chi connectivity index (χ1) is 6.27. The van der Waals surface area contributed by atoms with Gasteiger partial charge in [0.1, 0.15) is 0 Å². The van der Waals surface area contributed by atoms with Crippen molar-refractivity contribution < 1.29 is 0 Å². The Labute approximate surface area is 82.3 Å².